The van der Waals surface area contributed by atoms with E-state index in [4.69, 9.17) is 0 Å². The third-order valence-electron chi connectivity index (χ3n) is 5.63. The molecular formula is C24H28N4O2S. The van der Waals surface area contributed by atoms with Crippen molar-refractivity contribution in [2.24, 2.45) is 5.92 Å². The predicted molar refractivity (Wildman–Crippen MR) is 124 cm³/mol. The van der Waals surface area contributed by atoms with Gasteiger partial charge in [0.1, 0.15) is 0 Å². The molecule has 2 N–H and O–H groups in total. The van der Waals surface area contributed by atoms with E-state index in [2.05, 4.69) is 26.6 Å². The maximum absolute atomic E-state index is 12.4. The van der Waals surface area contributed by atoms with Crippen LogP contribution in [0.4, 0.5) is 0 Å². The molecule has 1 aliphatic rings. The van der Waals surface area contributed by atoms with Gasteiger partial charge in [-0.25, -0.2) is 4.98 Å². The Hall–Kier alpha value is -2.77. The summed E-state index contributed by atoms with van der Waals surface area (Å²) in [5.41, 5.74) is 2.13. The zero-order chi connectivity index (χ0) is 21.5. The first-order valence-corrected chi connectivity index (χ1v) is 11.6. The van der Waals surface area contributed by atoms with Crippen molar-refractivity contribution >= 4 is 33.4 Å². The lowest BCUT2D eigenvalue weighted by molar-refractivity contribution is -0.127. The van der Waals surface area contributed by atoms with Crippen LogP contribution < -0.4 is 10.6 Å². The Balaban J connectivity index is 1.13. The van der Waals surface area contributed by atoms with E-state index in [1.807, 2.05) is 48.5 Å². The number of likely N-dealkylation sites (tertiary alicyclic amines) is 1. The third kappa shape index (κ3) is 6.12. The third-order valence-corrected chi connectivity index (χ3v) is 6.73. The lowest BCUT2D eigenvalue weighted by atomic mass is 9.96. The average Bonchev–Trinajstić information content (AvgIpc) is 3.21. The van der Waals surface area contributed by atoms with Gasteiger partial charge in [-0.1, -0.05) is 42.5 Å². The monoisotopic (exact) mass is 436 g/mol. The minimum Gasteiger partial charge on any atom is -0.355 e. The molecule has 7 heteroatoms. The summed E-state index contributed by atoms with van der Waals surface area (Å²) in [6, 6.07) is 18.0. The van der Waals surface area contributed by atoms with Gasteiger partial charge >= 0.3 is 0 Å². The second-order valence-electron chi connectivity index (χ2n) is 7.93. The SMILES string of the molecule is O=C(CN1CCC(C(=O)NCc2ccccc2)CC1)NCCc1nc2ccccc2s1. The van der Waals surface area contributed by atoms with Gasteiger partial charge in [-0.15, -0.1) is 11.3 Å². The highest BCUT2D eigenvalue weighted by atomic mass is 32.1. The fourth-order valence-corrected chi connectivity index (χ4v) is 4.84. The van der Waals surface area contributed by atoms with Crippen molar-refractivity contribution in [1.82, 2.24) is 20.5 Å². The molecular weight excluding hydrogens is 408 g/mol. The standard InChI is InChI=1S/C24H28N4O2S/c29-22(25-13-10-23-27-20-8-4-5-9-21(20)31-23)17-28-14-11-19(12-15-28)24(30)26-16-18-6-2-1-3-7-18/h1-9,19H,10-17H2,(H,25,29)(H,26,30). The number of carbonyl (C=O) groups excluding carboxylic acids is 2. The summed E-state index contributed by atoms with van der Waals surface area (Å²) in [4.78, 5) is 31.5. The average molecular weight is 437 g/mol. The summed E-state index contributed by atoms with van der Waals surface area (Å²) in [7, 11) is 0. The summed E-state index contributed by atoms with van der Waals surface area (Å²) in [5.74, 6) is 0.180. The maximum Gasteiger partial charge on any atom is 0.234 e. The predicted octanol–water partition coefficient (Wildman–Crippen LogP) is 2.98. The zero-order valence-corrected chi connectivity index (χ0v) is 18.4. The van der Waals surface area contributed by atoms with E-state index in [9.17, 15) is 9.59 Å². The van der Waals surface area contributed by atoms with E-state index < -0.39 is 0 Å². The molecule has 1 aliphatic heterocycles. The van der Waals surface area contributed by atoms with Crippen LogP contribution in [0.2, 0.25) is 0 Å². The smallest absolute Gasteiger partial charge is 0.234 e. The van der Waals surface area contributed by atoms with Gasteiger partial charge in [-0.05, 0) is 43.6 Å². The Labute approximate surface area is 186 Å². The molecule has 0 atom stereocenters. The Morgan fingerprint density at radius 2 is 1.74 bits per heavy atom. The van der Waals surface area contributed by atoms with Gasteiger partial charge in [-0.3, -0.25) is 14.5 Å². The van der Waals surface area contributed by atoms with Crippen molar-refractivity contribution in [3.8, 4) is 0 Å². The van der Waals surface area contributed by atoms with Crippen LogP contribution in [0.3, 0.4) is 0 Å². The molecule has 2 amide bonds. The number of hydrogen-bond acceptors (Lipinski definition) is 5. The summed E-state index contributed by atoms with van der Waals surface area (Å²) in [6.07, 6.45) is 2.33. The molecule has 0 aliphatic carbocycles. The maximum atomic E-state index is 12.4. The van der Waals surface area contributed by atoms with Gasteiger partial charge in [-0.2, -0.15) is 0 Å². The Kier molecular flexibility index (Phi) is 7.27. The number of amides is 2. The summed E-state index contributed by atoms with van der Waals surface area (Å²) in [6.45, 7) is 3.09. The first-order valence-electron chi connectivity index (χ1n) is 10.8. The van der Waals surface area contributed by atoms with Gasteiger partial charge in [0.2, 0.25) is 11.8 Å². The van der Waals surface area contributed by atoms with Gasteiger partial charge < -0.3 is 10.6 Å². The van der Waals surface area contributed by atoms with Gasteiger partial charge in [0, 0.05) is 25.4 Å². The minimum absolute atomic E-state index is 0.0297. The number of piperidine rings is 1. The van der Waals surface area contributed by atoms with Gasteiger partial charge in [0.05, 0.1) is 21.8 Å². The van der Waals surface area contributed by atoms with Crippen molar-refractivity contribution < 1.29 is 9.59 Å². The lowest BCUT2D eigenvalue weighted by Crippen LogP contribution is -2.44. The number of para-hydroxylation sites is 1. The molecule has 2 aromatic carbocycles. The molecule has 0 radical (unpaired) electrons. The summed E-state index contributed by atoms with van der Waals surface area (Å²) >= 11 is 1.68. The molecule has 0 unspecified atom stereocenters. The number of hydrogen-bond donors (Lipinski definition) is 2. The number of benzene rings is 2. The lowest BCUT2D eigenvalue weighted by Gasteiger charge is -2.30. The van der Waals surface area contributed by atoms with E-state index in [1.54, 1.807) is 11.3 Å². The van der Waals surface area contributed by atoms with Crippen molar-refractivity contribution in [2.75, 3.05) is 26.2 Å². The quantitative estimate of drug-likeness (QED) is 0.569. The highest BCUT2D eigenvalue weighted by Crippen LogP contribution is 2.21. The summed E-state index contributed by atoms with van der Waals surface area (Å²) < 4.78 is 1.18. The van der Waals surface area contributed by atoms with Crippen LogP contribution in [-0.2, 0) is 22.6 Å². The van der Waals surface area contributed by atoms with E-state index in [0.29, 0.717) is 19.6 Å². The van der Waals surface area contributed by atoms with E-state index in [-0.39, 0.29) is 17.7 Å². The molecule has 2 heterocycles. The minimum atomic E-state index is 0.0297. The van der Waals surface area contributed by atoms with Crippen molar-refractivity contribution in [1.29, 1.82) is 0 Å². The zero-order valence-electron chi connectivity index (χ0n) is 17.5. The molecule has 162 valence electrons. The molecule has 0 spiro atoms. The van der Waals surface area contributed by atoms with Gasteiger partial charge in [0.25, 0.3) is 0 Å². The fraction of sp³-hybridized carbons (Fsp3) is 0.375. The van der Waals surface area contributed by atoms with E-state index in [1.165, 1.54) is 4.70 Å². The van der Waals surface area contributed by atoms with Crippen molar-refractivity contribution in [3.63, 3.8) is 0 Å². The molecule has 0 saturated carbocycles. The first kappa shape index (κ1) is 21.5. The largest absolute Gasteiger partial charge is 0.355 e. The normalized spacial score (nSPS) is 15.1. The fourth-order valence-electron chi connectivity index (χ4n) is 3.88. The van der Waals surface area contributed by atoms with Crippen LogP contribution in [0.25, 0.3) is 10.2 Å². The molecule has 6 nitrogen and oxygen atoms in total. The van der Waals surface area contributed by atoms with Crippen LogP contribution in [0.15, 0.2) is 54.6 Å². The Bertz CT molecular complexity index is 980. The second-order valence-corrected chi connectivity index (χ2v) is 9.04. The first-order chi connectivity index (χ1) is 15.2. The molecule has 1 fully saturated rings. The number of nitrogens with zero attached hydrogens (tertiary/aromatic N) is 2. The van der Waals surface area contributed by atoms with Crippen LogP contribution in [-0.4, -0.2) is 47.9 Å². The topological polar surface area (TPSA) is 74.3 Å². The molecule has 3 aromatic rings. The number of nitrogens with one attached hydrogen (secondary N) is 2. The molecule has 0 bridgehead atoms. The van der Waals surface area contributed by atoms with Crippen LogP contribution >= 0.6 is 11.3 Å². The van der Waals surface area contributed by atoms with Crippen LogP contribution in [0, 0.1) is 5.92 Å². The van der Waals surface area contributed by atoms with Crippen LogP contribution in [0.5, 0.6) is 0 Å². The van der Waals surface area contributed by atoms with Crippen molar-refractivity contribution in [2.45, 2.75) is 25.8 Å². The molecule has 31 heavy (non-hydrogen) atoms. The number of fused-ring (bicyclic) bond motifs is 1. The Morgan fingerprint density at radius 3 is 2.52 bits per heavy atom. The number of rotatable bonds is 8. The second kappa shape index (κ2) is 10.5. The van der Waals surface area contributed by atoms with E-state index >= 15 is 0 Å². The highest BCUT2D eigenvalue weighted by molar-refractivity contribution is 7.18. The number of thiazole rings is 1. The van der Waals surface area contributed by atoms with E-state index in [0.717, 1.165) is 48.4 Å². The molecule has 1 aromatic heterocycles. The van der Waals surface area contributed by atoms with Gasteiger partial charge in [0.15, 0.2) is 0 Å². The van der Waals surface area contributed by atoms with Crippen LogP contribution in [0.1, 0.15) is 23.4 Å². The molecule has 4 rings (SSSR count). The molecule has 1 saturated heterocycles. The highest BCUT2D eigenvalue weighted by Gasteiger charge is 2.25. The number of carbonyl (C=O) groups is 2. The summed E-state index contributed by atoms with van der Waals surface area (Å²) in [5, 5.41) is 7.08. The number of aromatic nitrogens is 1. The Morgan fingerprint density at radius 1 is 1.00 bits per heavy atom. The van der Waals surface area contributed by atoms with Crippen molar-refractivity contribution in [3.05, 3.63) is 65.2 Å².